The molecule has 1 heterocycles. The zero-order valence-corrected chi connectivity index (χ0v) is 4.91. The van der Waals surface area contributed by atoms with Crippen LogP contribution in [-0.4, -0.2) is 16.4 Å². The zero-order chi connectivity index (χ0) is 7.56. The van der Waals surface area contributed by atoms with E-state index in [4.69, 9.17) is 5.11 Å². The number of pyridine rings is 1. The summed E-state index contributed by atoms with van der Waals surface area (Å²) in [6.45, 7) is 0. The van der Waals surface area contributed by atoms with Crippen molar-refractivity contribution in [2.45, 2.75) is 0 Å². The predicted molar refractivity (Wildman–Crippen MR) is 31.2 cm³/mol. The number of carbonyl (C=O) groups excluding carboxylic acids is 1. The van der Waals surface area contributed by atoms with E-state index in [1.54, 1.807) is 0 Å². The minimum atomic E-state index is -0.810. The van der Waals surface area contributed by atoms with Crippen molar-refractivity contribution >= 4 is 6.29 Å². The summed E-state index contributed by atoms with van der Waals surface area (Å²) in [5, 5.41) is 8.61. The molecule has 1 aromatic heterocycles. The van der Waals surface area contributed by atoms with Crippen LogP contribution in [0.1, 0.15) is 10.5 Å². The molecule has 3 nitrogen and oxygen atoms in total. The first-order valence-corrected chi connectivity index (χ1v) is 2.53. The molecule has 0 saturated carbocycles. The Kier molecular flexibility index (Phi) is 1.62. The lowest BCUT2D eigenvalue weighted by molar-refractivity contribution is 0.111. The molecular formula is C6H4FNO2. The van der Waals surface area contributed by atoms with E-state index in [1.807, 2.05) is 0 Å². The van der Waals surface area contributed by atoms with Crippen molar-refractivity contribution in [1.82, 2.24) is 4.98 Å². The number of aromatic hydroxyl groups is 1. The molecule has 1 N–H and O–H groups in total. The normalized spacial score (nSPS) is 9.30. The third-order valence-electron chi connectivity index (χ3n) is 0.967. The summed E-state index contributed by atoms with van der Waals surface area (Å²) in [4.78, 5) is 13.3. The smallest absolute Gasteiger partial charge is 0.171 e. The molecule has 0 saturated heterocycles. The molecule has 4 heteroatoms. The minimum Gasteiger partial charge on any atom is -0.506 e. The maximum atomic E-state index is 12.4. The first-order chi connectivity index (χ1) is 4.74. The summed E-state index contributed by atoms with van der Waals surface area (Å²) in [6, 6.07) is 0.830. The van der Waals surface area contributed by atoms with Crippen molar-refractivity contribution in [2.75, 3.05) is 0 Å². The van der Waals surface area contributed by atoms with Crippen molar-refractivity contribution < 1.29 is 14.3 Å². The summed E-state index contributed by atoms with van der Waals surface area (Å²) in [5.74, 6) is -1.10. The Labute approximate surface area is 56.1 Å². The van der Waals surface area contributed by atoms with E-state index in [0.29, 0.717) is 0 Å². The van der Waals surface area contributed by atoms with Crippen molar-refractivity contribution in [1.29, 1.82) is 0 Å². The van der Waals surface area contributed by atoms with E-state index in [2.05, 4.69) is 4.98 Å². The lowest BCUT2D eigenvalue weighted by atomic mass is 10.3. The monoisotopic (exact) mass is 141 g/mol. The number of nitrogens with zero attached hydrogens (tertiary/aromatic N) is 1. The Balaban J connectivity index is 3.19. The highest BCUT2D eigenvalue weighted by molar-refractivity contribution is 5.72. The number of aldehydes is 1. The lowest BCUT2D eigenvalue weighted by Gasteiger charge is -1.92. The number of halogens is 1. The Morgan fingerprint density at radius 1 is 1.70 bits per heavy atom. The topological polar surface area (TPSA) is 50.2 Å². The van der Waals surface area contributed by atoms with Gasteiger partial charge in [-0.1, -0.05) is 0 Å². The third-order valence-corrected chi connectivity index (χ3v) is 0.967. The molecule has 0 aliphatic rings. The van der Waals surface area contributed by atoms with Crippen LogP contribution in [0.15, 0.2) is 12.3 Å². The fourth-order valence-corrected chi connectivity index (χ4v) is 0.525. The highest BCUT2D eigenvalue weighted by Gasteiger charge is 2.01. The van der Waals surface area contributed by atoms with E-state index in [-0.39, 0.29) is 17.7 Å². The molecule has 0 radical (unpaired) electrons. The molecule has 0 atom stereocenters. The summed E-state index contributed by atoms with van der Waals surface area (Å²) in [6.07, 6.45) is 1.29. The molecule has 0 unspecified atom stereocenters. The highest BCUT2D eigenvalue weighted by Crippen LogP contribution is 2.09. The van der Waals surface area contributed by atoms with Crippen LogP contribution in [0.4, 0.5) is 4.39 Å². The number of carbonyl (C=O) groups is 1. The van der Waals surface area contributed by atoms with Gasteiger partial charge in [0.25, 0.3) is 0 Å². The SMILES string of the molecule is O=Cc1ncc(O)cc1F. The van der Waals surface area contributed by atoms with Gasteiger partial charge in [-0.3, -0.25) is 4.79 Å². The summed E-state index contributed by atoms with van der Waals surface area (Å²) in [7, 11) is 0. The Morgan fingerprint density at radius 2 is 2.40 bits per heavy atom. The van der Waals surface area contributed by atoms with E-state index < -0.39 is 5.82 Å². The molecular weight excluding hydrogens is 137 g/mol. The Hall–Kier alpha value is -1.45. The van der Waals surface area contributed by atoms with Crippen molar-refractivity contribution in [3.8, 4) is 5.75 Å². The van der Waals surface area contributed by atoms with Gasteiger partial charge in [-0.05, 0) is 0 Å². The van der Waals surface area contributed by atoms with Gasteiger partial charge < -0.3 is 5.11 Å². The minimum absolute atomic E-state index is 0.286. The fourth-order valence-electron chi connectivity index (χ4n) is 0.525. The maximum absolute atomic E-state index is 12.4. The van der Waals surface area contributed by atoms with Crippen LogP contribution >= 0.6 is 0 Å². The second-order valence-electron chi connectivity index (χ2n) is 1.68. The average molecular weight is 141 g/mol. The first kappa shape index (κ1) is 6.67. The number of aromatic nitrogens is 1. The van der Waals surface area contributed by atoms with Gasteiger partial charge >= 0.3 is 0 Å². The molecule has 0 fully saturated rings. The van der Waals surface area contributed by atoms with Crippen LogP contribution in [0.25, 0.3) is 0 Å². The van der Waals surface area contributed by atoms with Gasteiger partial charge in [-0.25, -0.2) is 9.37 Å². The molecule has 0 bridgehead atoms. The molecule has 0 aromatic carbocycles. The van der Waals surface area contributed by atoms with Crippen molar-refractivity contribution in [3.05, 3.63) is 23.8 Å². The van der Waals surface area contributed by atoms with Gasteiger partial charge in [-0.2, -0.15) is 0 Å². The average Bonchev–Trinajstić information content (AvgIpc) is 1.88. The molecule has 52 valence electrons. The van der Waals surface area contributed by atoms with Crippen LogP contribution in [-0.2, 0) is 0 Å². The Morgan fingerprint density at radius 3 is 2.90 bits per heavy atom. The number of hydrogen-bond acceptors (Lipinski definition) is 3. The summed E-state index contributed by atoms with van der Waals surface area (Å²) < 4.78 is 12.4. The second-order valence-corrected chi connectivity index (χ2v) is 1.68. The molecule has 0 spiro atoms. The largest absolute Gasteiger partial charge is 0.506 e. The summed E-state index contributed by atoms with van der Waals surface area (Å²) in [5.41, 5.74) is -0.294. The van der Waals surface area contributed by atoms with Crippen molar-refractivity contribution in [3.63, 3.8) is 0 Å². The quantitative estimate of drug-likeness (QED) is 0.587. The molecule has 0 aliphatic carbocycles. The number of rotatable bonds is 1. The Bertz CT molecular complexity index is 262. The van der Waals surface area contributed by atoms with E-state index >= 15 is 0 Å². The van der Waals surface area contributed by atoms with E-state index in [1.165, 1.54) is 0 Å². The molecule has 1 rings (SSSR count). The first-order valence-electron chi connectivity index (χ1n) is 2.53. The van der Waals surface area contributed by atoms with E-state index in [0.717, 1.165) is 12.3 Å². The maximum Gasteiger partial charge on any atom is 0.171 e. The molecule has 1 aromatic rings. The lowest BCUT2D eigenvalue weighted by Crippen LogP contribution is -1.90. The van der Waals surface area contributed by atoms with Gasteiger partial charge in [0, 0.05) is 6.07 Å². The van der Waals surface area contributed by atoms with Crippen LogP contribution < -0.4 is 0 Å². The zero-order valence-electron chi connectivity index (χ0n) is 4.91. The van der Waals surface area contributed by atoms with E-state index in [9.17, 15) is 9.18 Å². The highest BCUT2D eigenvalue weighted by atomic mass is 19.1. The molecule has 0 aliphatic heterocycles. The van der Waals surface area contributed by atoms with Crippen molar-refractivity contribution in [2.24, 2.45) is 0 Å². The van der Waals surface area contributed by atoms with Gasteiger partial charge in [0.05, 0.1) is 6.20 Å². The van der Waals surface area contributed by atoms with Crippen LogP contribution in [0.3, 0.4) is 0 Å². The van der Waals surface area contributed by atoms with Crippen LogP contribution in [0.5, 0.6) is 5.75 Å². The molecule has 0 amide bonds. The van der Waals surface area contributed by atoms with Gasteiger partial charge in [0.1, 0.15) is 11.4 Å². The summed E-state index contributed by atoms with van der Waals surface area (Å²) >= 11 is 0. The molecule has 10 heavy (non-hydrogen) atoms. The van der Waals surface area contributed by atoms with Crippen LogP contribution in [0, 0.1) is 5.82 Å². The van der Waals surface area contributed by atoms with Gasteiger partial charge in [0.15, 0.2) is 12.1 Å². The standard InChI is InChI=1S/C6H4FNO2/c7-5-1-4(10)2-8-6(5)3-9/h1-3,10H. The predicted octanol–water partition coefficient (Wildman–Crippen LogP) is 0.739. The number of hydrogen-bond donors (Lipinski definition) is 1. The second kappa shape index (κ2) is 2.43. The van der Waals surface area contributed by atoms with Gasteiger partial charge in [0.2, 0.25) is 0 Å². The fraction of sp³-hybridized carbons (Fsp3) is 0. The third kappa shape index (κ3) is 1.10. The van der Waals surface area contributed by atoms with Gasteiger partial charge in [-0.15, -0.1) is 0 Å². The van der Waals surface area contributed by atoms with Crippen LogP contribution in [0.2, 0.25) is 0 Å².